The molecule has 112 valence electrons. The first-order valence-corrected chi connectivity index (χ1v) is 9.28. The van der Waals surface area contributed by atoms with Gasteiger partial charge in [-0.15, -0.1) is 11.3 Å². The van der Waals surface area contributed by atoms with Gasteiger partial charge in [-0.05, 0) is 53.8 Å². The van der Waals surface area contributed by atoms with Gasteiger partial charge >= 0.3 is 5.97 Å². The summed E-state index contributed by atoms with van der Waals surface area (Å²) >= 11 is 8.97. The van der Waals surface area contributed by atoms with Gasteiger partial charge in [-0.2, -0.15) is 0 Å². The maximum absolute atomic E-state index is 12.3. The zero-order valence-corrected chi connectivity index (χ0v) is 15.1. The largest absolute Gasteiger partial charge is 0.477 e. The molecular formula is C12H9ClINO4S2. The van der Waals surface area contributed by atoms with Gasteiger partial charge in [0.05, 0.1) is 10.7 Å². The first kappa shape index (κ1) is 16.5. The van der Waals surface area contributed by atoms with Crippen LogP contribution in [0.1, 0.15) is 14.5 Å². The molecule has 1 heterocycles. The van der Waals surface area contributed by atoms with Crippen LogP contribution in [0, 0.1) is 10.5 Å². The normalized spacial score (nSPS) is 11.4. The molecule has 0 aliphatic carbocycles. The molecule has 0 atom stereocenters. The minimum Gasteiger partial charge on any atom is -0.477 e. The van der Waals surface area contributed by atoms with Crippen molar-refractivity contribution in [3.05, 3.63) is 42.6 Å². The molecule has 9 heteroatoms. The third kappa shape index (κ3) is 3.68. The first-order chi connectivity index (χ1) is 9.70. The van der Waals surface area contributed by atoms with Crippen LogP contribution in [0.15, 0.2) is 29.2 Å². The zero-order valence-electron chi connectivity index (χ0n) is 10.6. The lowest BCUT2D eigenvalue weighted by molar-refractivity contribution is 0.0702. The molecule has 5 nitrogen and oxygen atoms in total. The Morgan fingerprint density at radius 2 is 2.05 bits per heavy atom. The van der Waals surface area contributed by atoms with E-state index in [4.69, 9.17) is 16.7 Å². The van der Waals surface area contributed by atoms with E-state index in [1.807, 2.05) is 0 Å². The van der Waals surface area contributed by atoms with Crippen molar-refractivity contribution in [2.75, 3.05) is 4.72 Å². The highest BCUT2D eigenvalue weighted by molar-refractivity contribution is 14.1. The summed E-state index contributed by atoms with van der Waals surface area (Å²) in [5.41, 5.74) is 0.250. The number of anilines is 1. The fourth-order valence-corrected chi connectivity index (χ4v) is 5.08. The summed E-state index contributed by atoms with van der Waals surface area (Å²) in [6, 6.07) is 6.04. The average molecular weight is 458 g/mol. The highest BCUT2D eigenvalue weighted by Gasteiger charge is 2.23. The second kappa shape index (κ2) is 6.11. The van der Waals surface area contributed by atoms with Gasteiger partial charge in [0.15, 0.2) is 0 Å². The number of aryl methyl sites for hydroxylation is 1. The quantitative estimate of drug-likeness (QED) is 0.684. The van der Waals surface area contributed by atoms with Crippen LogP contribution in [-0.4, -0.2) is 19.5 Å². The summed E-state index contributed by atoms with van der Waals surface area (Å²) in [7, 11) is -3.88. The summed E-state index contributed by atoms with van der Waals surface area (Å²) in [5, 5.41) is 9.20. The van der Waals surface area contributed by atoms with Crippen molar-refractivity contribution in [3.8, 4) is 0 Å². The molecule has 0 aliphatic rings. The minimum absolute atomic E-state index is 0.0263. The Hall–Kier alpha value is -0.840. The molecule has 2 aromatic rings. The Morgan fingerprint density at radius 3 is 2.57 bits per heavy atom. The van der Waals surface area contributed by atoms with Crippen LogP contribution in [0.5, 0.6) is 0 Å². The zero-order chi connectivity index (χ0) is 15.8. The van der Waals surface area contributed by atoms with E-state index in [0.29, 0.717) is 4.88 Å². The molecule has 0 unspecified atom stereocenters. The smallest absolute Gasteiger partial charge is 0.345 e. The molecular weight excluding hydrogens is 449 g/mol. The summed E-state index contributed by atoms with van der Waals surface area (Å²) in [4.78, 5) is 11.2. The van der Waals surface area contributed by atoms with Crippen molar-refractivity contribution in [2.24, 2.45) is 0 Å². The van der Waals surface area contributed by atoms with E-state index in [1.165, 1.54) is 0 Å². The number of benzene rings is 1. The van der Waals surface area contributed by atoms with Crippen LogP contribution in [0.2, 0.25) is 5.02 Å². The number of halogens is 2. The molecule has 1 aromatic carbocycles. The summed E-state index contributed by atoms with van der Waals surface area (Å²) in [6.45, 7) is 1.56. The maximum atomic E-state index is 12.3. The van der Waals surface area contributed by atoms with Crippen molar-refractivity contribution in [3.63, 3.8) is 0 Å². The number of rotatable bonds is 4. The molecule has 0 bridgehead atoms. The summed E-state index contributed by atoms with van der Waals surface area (Å²) < 4.78 is 27.9. The molecule has 0 saturated carbocycles. The van der Waals surface area contributed by atoms with E-state index in [-0.39, 0.29) is 20.5 Å². The van der Waals surface area contributed by atoms with Crippen molar-refractivity contribution in [1.82, 2.24) is 0 Å². The van der Waals surface area contributed by atoms with Crippen LogP contribution >= 0.6 is 45.5 Å². The molecule has 0 spiro atoms. The molecule has 0 aliphatic heterocycles. The Labute approximate surface area is 144 Å². The van der Waals surface area contributed by atoms with Crippen molar-refractivity contribution < 1.29 is 18.3 Å². The second-order valence-corrected chi connectivity index (χ2v) is 8.63. The number of carbonyl (C=O) groups is 1. The van der Waals surface area contributed by atoms with Gasteiger partial charge in [-0.25, -0.2) is 13.2 Å². The molecule has 0 saturated heterocycles. The molecule has 0 amide bonds. The highest BCUT2D eigenvalue weighted by atomic mass is 127. The fraction of sp³-hybridized carbons (Fsp3) is 0.0833. The number of carboxylic acids is 1. The number of hydrogen-bond acceptors (Lipinski definition) is 4. The first-order valence-electron chi connectivity index (χ1n) is 5.52. The van der Waals surface area contributed by atoms with Gasteiger partial charge in [0.1, 0.15) is 9.77 Å². The van der Waals surface area contributed by atoms with E-state index in [0.717, 1.165) is 21.0 Å². The van der Waals surface area contributed by atoms with Gasteiger partial charge in [0, 0.05) is 8.45 Å². The molecule has 2 N–H and O–H groups in total. The Balaban J connectivity index is 2.41. The number of aromatic carboxylic acids is 1. The number of carboxylic acid groups (broad SMARTS) is 1. The SMILES string of the molecule is Cc1sc(C(=O)O)cc1S(=O)(=O)Nc1ccc(I)cc1Cl. The third-order valence-electron chi connectivity index (χ3n) is 2.55. The van der Waals surface area contributed by atoms with Crippen molar-refractivity contribution >= 4 is 67.2 Å². The van der Waals surface area contributed by atoms with Crippen LogP contribution in [0.25, 0.3) is 0 Å². The second-order valence-electron chi connectivity index (χ2n) is 4.07. The number of hydrogen-bond donors (Lipinski definition) is 2. The van der Waals surface area contributed by atoms with Crippen molar-refractivity contribution in [2.45, 2.75) is 11.8 Å². The molecule has 1 aromatic heterocycles. The van der Waals surface area contributed by atoms with Gasteiger partial charge in [-0.1, -0.05) is 11.6 Å². The lowest BCUT2D eigenvalue weighted by Gasteiger charge is -2.09. The van der Waals surface area contributed by atoms with Crippen LogP contribution in [0.4, 0.5) is 5.69 Å². The monoisotopic (exact) mass is 457 g/mol. The number of sulfonamides is 1. The minimum atomic E-state index is -3.88. The third-order valence-corrected chi connectivity index (χ3v) is 6.19. The highest BCUT2D eigenvalue weighted by Crippen LogP contribution is 2.30. The lowest BCUT2D eigenvalue weighted by atomic mass is 10.3. The van der Waals surface area contributed by atoms with E-state index >= 15 is 0 Å². The van der Waals surface area contributed by atoms with Gasteiger partial charge in [0.2, 0.25) is 0 Å². The van der Waals surface area contributed by atoms with E-state index < -0.39 is 16.0 Å². The molecule has 0 radical (unpaired) electrons. The predicted octanol–water partition coefficient (Wildman–Crippen LogP) is 3.81. The molecule has 21 heavy (non-hydrogen) atoms. The molecule has 0 fully saturated rings. The fourth-order valence-electron chi connectivity index (χ4n) is 1.61. The average Bonchev–Trinajstić information content (AvgIpc) is 2.76. The van der Waals surface area contributed by atoms with Gasteiger partial charge in [-0.3, -0.25) is 4.72 Å². The Kier molecular flexibility index (Phi) is 4.81. The van der Waals surface area contributed by atoms with Crippen LogP contribution in [-0.2, 0) is 10.0 Å². The Bertz CT molecular complexity index is 817. The lowest BCUT2D eigenvalue weighted by Crippen LogP contribution is -2.13. The van der Waals surface area contributed by atoms with Crippen LogP contribution < -0.4 is 4.72 Å². The predicted molar refractivity (Wildman–Crippen MR) is 91.0 cm³/mol. The Morgan fingerprint density at radius 1 is 1.38 bits per heavy atom. The van der Waals surface area contributed by atoms with E-state index in [9.17, 15) is 13.2 Å². The molecule has 2 rings (SSSR count). The van der Waals surface area contributed by atoms with E-state index in [2.05, 4.69) is 27.3 Å². The number of thiophene rings is 1. The van der Waals surface area contributed by atoms with Gasteiger partial charge in [0.25, 0.3) is 10.0 Å². The van der Waals surface area contributed by atoms with Crippen LogP contribution in [0.3, 0.4) is 0 Å². The number of nitrogens with one attached hydrogen (secondary N) is 1. The maximum Gasteiger partial charge on any atom is 0.345 e. The summed E-state index contributed by atoms with van der Waals surface area (Å²) in [5.74, 6) is -1.16. The summed E-state index contributed by atoms with van der Waals surface area (Å²) in [6.07, 6.45) is 0. The standard InChI is InChI=1S/C12H9ClINO4S2/c1-6-11(5-10(20-6)12(16)17)21(18,19)15-9-3-2-7(14)4-8(9)13/h2-5,15H,1H3,(H,16,17). The van der Waals surface area contributed by atoms with Gasteiger partial charge < -0.3 is 5.11 Å². The van der Waals surface area contributed by atoms with E-state index in [1.54, 1.807) is 25.1 Å². The van der Waals surface area contributed by atoms with Crippen molar-refractivity contribution in [1.29, 1.82) is 0 Å². The topological polar surface area (TPSA) is 83.5 Å².